The molecule has 0 spiro atoms. The first-order valence-electron chi connectivity index (χ1n) is 11.5. The van der Waals surface area contributed by atoms with Gasteiger partial charge in [0, 0.05) is 6.42 Å². The number of carbonyl (C=O) groups is 2. The summed E-state index contributed by atoms with van der Waals surface area (Å²) in [5, 5.41) is 5.05. The van der Waals surface area contributed by atoms with E-state index >= 15 is 0 Å². The molecule has 4 aliphatic carbocycles. The molecule has 5 nitrogen and oxygen atoms in total. The maximum absolute atomic E-state index is 13.0. The number of hydrogen-bond donors (Lipinski definition) is 1. The van der Waals surface area contributed by atoms with Crippen LogP contribution in [0.15, 0.2) is 42.5 Å². The number of ether oxygens (including phenoxy) is 2. The molecule has 0 radical (unpaired) electrons. The second kappa shape index (κ2) is 7.85. The van der Waals surface area contributed by atoms with Crippen molar-refractivity contribution in [2.45, 2.75) is 57.1 Å². The fourth-order valence-corrected chi connectivity index (χ4v) is 6.67. The minimum Gasteiger partial charge on any atom is -0.467 e. The third-order valence-electron chi connectivity index (χ3n) is 7.82. The molecule has 4 bridgehead atoms. The van der Waals surface area contributed by atoms with Crippen LogP contribution in [0.1, 0.15) is 44.6 Å². The maximum Gasteiger partial charge on any atom is 0.408 e. The maximum atomic E-state index is 13.0. The van der Waals surface area contributed by atoms with Gasteiger partial charge in [0.15, 0.2) is 0 Å². The zero-order valence-corrected chi connectivity index (χ0v) is 18.3. The molecule has 5 heteroatoms. The van der Waals surface area contributed by atoms with Gasteiger partial charge in [-0.05, 0) is 79.0 Å². The molecular weight excluding hydrogens is 390 g/mol. The predicted octanol–water partition coefficient (Wildman–Crippen LogP) is 4.86. The number of alkyl carbamates (subject to hydrolysis) is 1. The standard InChI is InChI=1S/C26H31NO4/c1-26(24(28)30-2,15-19-8-5-7-18-6-3-4-9-22(18)19)27-25(29)31-23-20-11-16-10-17(13-20)14-21(23)12-16/h3-9,16-17,20-21,23H,10-15H2,1-2H3,(H,27,29). The highest BCUT2D eigenvalue weighted by Crippen LogP contribution is 2.54. The van der Waals surface area contributed by atoms with E-state index in [1.165, 1.54) is 39.2 Å². The summed E-state index contributed by atoms with van der Waals surface area (Å²) in [7, 11) is 1.36. The summed E-state index contributed by atoms with van der Waals surface area (Å²) in [6.45, 7) is 1.72. The fourth-order valence-electron chi connectivity index (χ4n) is 6.67. The van der Waals surface area contributed by atoms with Crippen LogP contribution in [0.25, 0.3) is 10.8 Å². The van der Waals surface area contributed by atoms with E-state index in [9.17, 15) is 9.59 Å². The van der Waals surface area contributed by atoms with Crippen molar-refractivity contribution in [2.24, 2.45) is 23.7 Å². The number of carbonyl (C=O) groups excluding carboxylic acids is 2. The lowest BCUT2D eigenvalue weighted by Crippen LogP contribution is -2.57. The fraction of sp³-hybridized carbons (Fsp3) is 0.538. The highest BCUT2D eigenvalue weighted by molar-refractivity contribution is 5.89. The minimum atomic E-state index is -1.21. The molecule has 0 aromatic heterocycles. The first-order valence-corrected chi connectivity index (χ1v) is 11.5. The molecule has 2 aromatic rings. The van der Waals surface area contributed by atoms with Gasteiger partial charge < -0.3 is 14.8 Å². The number of amides is 1. The largest absolute Gasteiger partial charge is 0.467 e. The van der Waals surface area contributed by atoms with Crippen molar-refractivity contribution in [1.29, 1.82) is 0 Å². The highest BCUT2D eigenvalue weighted by Gasteiger charge is 2.50. The molecule has 1 amide bonds. The molecule has 0 saturated heterocycles. The Labute approximate surface area is 183 Å². The second-order valence-corrected chi connectivity index (χ2v) is 10.1. The molecule has 2 aromatic carbocycles. The smallest absolute Gasteiger partial charge is 0.408 e. The lowest BCUT2D eigenvalue weighted by molar-refractivity contribution is -0.148. The van der Waals surface area contributed by atoms with Crippen molar-refractivity contribution in [3.8, 4) is 0 Å². The number of hydrogen-bond acceptors (Lipinski definition) is 4. The third-order valence-corrected chi connectivity index (χ3v) is 7.82. The Hall–Kier alpha value is -2.56. The number of esters is 1. The van der Waals surface area contributed by atoms with Crippen molar-refractivity contribution in [1.82, 2.24) is 5.32 Å². The predicted molar refractivity (Wildman–Crippen MR) is 119 cm³/mol. The van der Waals surface area contributed by atoms with Gasteiger partial charge in [-0.2, -0.15) is 0 Å². The molecular formula is C26H31NO4. The zero-order valence-electron chi connectivity index (χ0n) is 18.3. The number of rotatable bonds is 5. The first kappa shape index (κ1) is 20.3. The van der Waals surface area contributed by atoms with Gasteiger partial charge in [0.25, 0.3) is 0 Å². The van der Waals surface area contributed by atoms with Crippen LogP contribution in [0, 0.1) is 23.7 Å². The Morgan fingerprint density at radius 1 is 0.968 bits per heavy atom. The van der Waals surface area contributed by atoms with Crippen molar-refractivity contribution in [3.63, 3.8) is 0 Å². The van der Waals surface area contributed by atoms with Gasteiger partial charge in [0.1, 0.15) is 11.6 Å². The molecule has 4 aliphatic rings. The SMILES string of the molecule is COC(=O)C(C)(Cc1cccc2ccccc12)NC(=O)OC1C2CC3CC(C2)CC1C3. The average molecular weight is 422 g/mol. The van der Waals surface area contributed by atoms with Crippen LogP contribution < -0.4 is 5.32 Å². The van der Waals surface area contributed by atoms with E-state index in [-0.39, 0.29) is 6.10 Å². The van der Waals surface area contributed by atoms with Crippen LogP contribution in [0.4, 0.5) is 4.79 Å². The van der Waals surface area contributed by atoms with Crippen LogP contribution in [-0.4, -0.2) is 30.8 Å². The lowest BCUT2D eigenvalue weighted by Gasteiger charge is -2.53. The van der Waals surface area contributed by atoms with E-state index in [0.29, 0.717) is 18.3 Å². The Morgan fingerprint density at radius 2 is 1.61 bits per heavy atom. The van der Waals surface area contributed by atoms with Crippen LogP contribution in [-0.2, 0) is 20.7 Å². The Morgan fingerprint density at radius 3 is 2.29 bits per heavy atom. The molecule has 6 rings (SSSR count). The highest BCUT2D eigenvalue weighted by atomic mass is 16.6. The van der Waals surface area contributed by atoms with E-state index in [2.05, 4.69) is 5.32 Å². The van der Waals surface area contributed by atoms with Gasteiger partial charge in [0.05, 0.1) is 7.11 Å². The van der Waals surface area contributed by atoms with E-state index in [1.807, 2.05) is 42.5 Å². The van der Waals surface area contributed by atoms with Crippen molar-refractivity contribution in [3.05, 3.63) is 48.0 Å². The van der Waals surface area contributed by atoms with Gasteiger partial charge in [-0.3, -0.25) is 0 Å². The van der Waals surface area contributed by atoms with Crippen LogP contribution in [0.5, 0.6) is 0 Å². The normalized spacial score (nSPS) is 30.6. The van der Waals surface area contributed by atoms with Gasteiger partial charge in [0.2, 0.25) is 0 Å². The lowest BCUT2D eigenvalue weighted by atomic mass is 9.55. The molecule has 0 heterocycles. The van der Waals surface area contributed by atoms with Crippen molar-refractivity contribution in [2.75, 3.05) is 7.11 Å². The van der Waals surface area contributed by atoms with Crippen LogP contribution in [0.3, 0.4) is 0 Å². The quantitative estimate of drug-likeness (QED) is 0.700. The Balaban J connectivity index is 1.34. The van der Waals surface area contributed by atoms with Gasteiger partial charge >= 0.3 is 12.1 Å². The molecule has 4 fully saturated rings. The summed E-state index contributed by atoms with van der Waals surface area (Å²) in [4.78, 5) is 25.7. The molecule has 31 heavy (non-hydrogen) atoms. The van der Waals surface area contributed by atoms with Crippen LogP contribution >= 0.6 is 0 Å². The van der Waals surface area contributed by atoms with Crippen LogP contribution in [0.2, 0.25) is 0 Å². The summed E-state index contributed by atoms with van der Waals surface area (Å²) in [6, 6.07) is 14.1. The summed E-state index contributed by atoms with van der Waals surface area (Å²) in [5.41, 5.74) is -0.220. The number of nitrogens with one attached hydrogen (secondary N) is 1. The van der Waals surface area contributed by atoms with E-state index < -0.39 is 17.6 Å². The monoisotopic (exact) mass is 421 g/mol. The van der Waals surface area contributed by atoms with Gasteiger partial charge in [-0.15, -0.1) is 0 Å². The zero-order chi connectivity index (χ0) is 21.6. The Kier molecular flexibility index (Phi) is 5.15. The molecule has 0 aliphatic heterocycles. The minimum absolute atomic E-state index is 0.0211. The molecule has 1 N–H and O–H groups in total. The van der Waals surface area contributed by atoms with E-state index in [0.717, 1.165) is 28.2 Å². The molecule has 164 valence electrons. The van der Waals surface area contributed by atoms with Gasteiger partial charge in [-0.1, -0.05) is 42.5 Å². The second-order valence-electron chi connectivity index (χ2n) is 10.1. The number of fused-ring (bicyclic) bond motifs is 1. The summed E-state index contributed by atoms with van der Waals surface area (Å²) in [6.07, 6.45) is 5.86. The third kappa shape index (κ3) is 3.79. The molecule has 1 atom stereocenters. The molecule has 1 unspecified atom stereocenters. The summed E-state index contributed by atoms with van der Waals surface area (Å²) < 4.78 is 11.1. The van der Waals surface area contributed by atoms with Crippen molar-refractivity contribution >= 4 is 22.8 Å². The van der Waals surface area contributed by atoms with E-state index in [4.69, 9.17) is 9.47 Å². The van der Waals surface area contributed by atoms with Crippen molar-refractivity contribution < 1.29 is 19.1 Å². The number of benzene rings is 2. The summed E-state index contributed by atoms with van der Waals surface area (Å²) >= 11 is 0. The summed E-state index contributed by atoms with van der Waals surface area (Å²) in [5.74, 6) is 2.12. The topological polar surface area (TPSA) is 64.6 Å². The first-order chi connectivity index (χ1) is 14.9. The average Bonchev–Trinajstić information content (AvgIpc) is 2.75. The van der Waals surface area contributed by atoms with E-state index in [1.54, 1.807) is 6.92 Å². The van der Waals surface area contributed by atoms with Gasteiger partial charge in [-0.25, -0.2) is 9.59 Å². The molecule has 4 saturated carbocycles. The Bertz CT molecular complexity index is 969. The number of methoxy groups -OCH3 is 1.